The second kappa shape index (κ2) is 7.69. The summed E-state index contributed by atoms with van der Waals surface area (Å²) in [5, 5.41) is 4.12. The summed E-state index contributed by atoms with van der Waals surface area (Å²) in [4.78, 5) is 28.7. The van der Waals surface area contributed by atoms with Gasteiger partial charge in [-0.15, -0.1) is 0 Å². The number of aromatic nitrogens is 1. The molecular formula is C26H21N3O2. The Morgan fingerprint density at radius 3 is 2.29 bits per heavy atom. The molecule has 31 heavy (non-hydrogen) atoms. The number of amides is 1. The lowest BCUT2D eigenvalue weighted by Crippen LogP contribution is -2.14. The monoisotopic (exact) mass is 407 g/mol. The number of nitrogens with zero attached hydrogens (tertiary/aromatic N) is 1. The first-order valence-corrected chi connectivity index (χ1v) is 10.3. The Morgan fingerprint density at radius 1 is 0.903 bits per heavy atom. The second-order valence-corrected chi connectivity index (χ2v) is 7.85. The predicted molar refractivity (Wildman–Crippen MR) is 122 cm³/mol. The van der Waals surface area contributed by atoms with E-state index in [0.29, 0.717) is 11.3 Å². The minimum absolute atomic E-state index is 0.214. The van der Waals surface area contributed by atoms with Crippen LogP contribution in [-0.4, -0.2) is 16.7 Å². The summed E-state index contributed by atoms with van der Waals surface area (Å²) in [5.74, 6) is -0.0825. The fraction of sp³-hybridized carbons (Fsp3) is 0.115. The number of pyridine rings is 1. The van der Waals surface area contributed by atoms with Crippen LogP contribution >= 0.6 is 0 Å². The molecule has 0 atom stereocenters. The van der Waals surface area contributed by atoms with Gasteiger partial charge in [0.25, 0.3) is 5.91 Å². The maximum absolute atomic E-state index is 12.2. The molecule has 4 aromatic rings. The van der Waals surface area contributed by atoms with Crippen molar-refractivity contribution in [2.45, 2.75) is 12.8 Å². The van der Waals surface area contributed by atoms with Crippen molar-refractivity contribution in [3.63, 3.8) is 0 Å². The predicted octanol–water partition coefficient (Wildman–Crippen LogP) is 5.34. The number of nitrogens with one attached hydrogen (secondary N) is 1. The first kappa shape index (κ1) is 19.0. The number of ketones is 1. The zero-order valence-corrected chi connectivity index (χ0v) is 16.8. The maximum atomic E-state index is 12.2. The van der Waals surface area contributed by atoms with Crippen molar-refractivity contribution in [2.75, 3.05) is 5.32 Å². The quantitative estimate of drug-likeness (QED) is 0.423. The van der Waals surface area contributed by atoms with Gasteiger partial charge in [-0.1, -0.05) is 54.6 Å². The van der Waals surface area contributed by atoms with Crippen LogP contribution in [0, 0.1) is 5.92 Å². The molecular weight excluding hydrogens is 386 g/mol. The van der Waals surface area contributed by atoms with Crippen molar-refractivity contribution >= 4 is 34.0 Å². The highest BCUT2D eigenvalue weighted by molar-refractivity contribution is 6.08. The highest BCUT2D eigenvalue weighted by Gasteiger charge is 2.30. The van der Waals surface area contributed by atoms with Crippen LogP contribution in [0.3, 0.4) is 0 Å². The molecule has 3 N–H and O–H groups in total. The fourth-order valence-electron chi connectivity index (χ4n) is 3.77. The first-order chi connectivity index (χ1) is 15.1. The number of Topliss-reactive ketones (excluding diaryl/α,β-unsaturated/α-hetero) is 1. The molecule has 5 nitrogen and oxygen atoms in total. The summed E-state index contributed by atoms with van der Waals surface area (Å²) in [6.45, 7) is 0. The molecule has 1 amide bonds. The zero-order chi connectivity index (χ0) is 21.4. The number of hydrogen-bond donors (Lipinski definition) is 2. The molecule has 1 saturated carbocycles. The van der Waals surface area contributed by atoms with E-state index in [4.69, 9.17) is 5.73 Å². The Balaban J connectivity index is 1.53. The smallest absolute Gasteiger partial charge is 0.252 e. The Labute approximate surface area is 179 Å². The van der Waals surface area contributed by atoms with Crippen LogP contribution in [-0.2, 0) is 0 Å². The first-order valence-electron chi connectivity index (χ1n) is 10.3. The van der Waals surface area contributed by atoms with E-state index in [0.717, 1.165) is 46.1 Å². The lowest BCUT2D eigenvalue weighted by Gasteiger charge is -2.14. The van der Waals surface area contributed by atoms with Gasteiger partial charge in [-0.25, -0.2) is 0 Å². The van der Waals surface area contributed by atoms with Gasteiger partial charge in [0, 0.05) is 28.8 Å². The van der Waals surface area contributed by atoms with Gasteiger partial charge in [-0.05, 0) is 42.2 Å². The van der Waals surface area contributed by atoms with E-state index >= 15 is 0 Å². The van der Waals surface area contributed by atoms with Crippen molar-refractivity contribution < 1.29 is 9.59 Å². The van der Waals surface area contributed by atoms with E-state index < -0.39 is 5.91 Å². The summed E-state index contributed by atoms with van der Waals surface area (Å²) in [5.41, 5.74) is 11.0. The maximum Gasteiger partial charge on any atom is 0.252 e. The fourth-order valence-corrected chi connectivity index (χ4v) is 3.77. The third kappa shape index (κ3) is 3.78. The SMILES string of the molecule is NC(=O)c1cnc2cc(-c3ccc(C(=O)C4CC4)cc3)ccc2c1Nc1ccccc1. The molecule has 1 heterocycles. The lowest BCUT2D eigenvalue weighted by molar-refractivity contribution is 0.0966. The Bertz CT molecular complexity index is 1290. The van der Waals surface area contributed by atoms with Gasteiger partial charge < -0.3 is 11.1 Å². The van der Waals surface area contributed by atoms with Crippen molar-refractivity contribution in [3.8, 4) is 11.1 Å². The summed E-state index contributed by atoms with van der Waals surface area (Å²) in [7, 11) is 0. The highest BCUT2D eigenvalue weighted by Crippen LogP contribution is 2.34. The van der Waals surface area contributed by atoms with E-state index in [1.165, 1.54) is 6.20 Å². The molecule has 5 rings (SSSR count). The van der Waals surface area contributed by atoms with Gasteiger partial charge in [-0.2, -0.15) is 0 Å². The van der Waals surface area contributed by atoms with Crippen molar-refractivity contribution in [2.24, 2.45) is 11.7 Å². The molecule has 1 aliphatic carbocycles. The number of carbonyl (C=O) groups is 2. The number of anilines is 2. The van der Waals surface area contributed by atoms with Crippen LogP contribution in [0.5, 0.6) is 0 Å². The average Bonchev–Trinajstić information content (AvgIpc) is 3.64. The molecule has 3 aromatic carbocycles. The molecule has 152 valence electrons. The summed E-state index contributed by atoms with van der Waals surface area (Å²) < 4.78 is 0. The van der Waals surface area contributed by atoms with E-state index in [9.17, 15) is 9.59 Å². The van der Waals surface area contributed by atoms with Gasteiger partial charge in [0.15, 0.2) is 5.78 Å². The summed E-state index contributed by atoms with van der Waals surface area (Å²) in [6.07, 6.45) is 3.52. The number of carbonyl (C=O) groups excluding carboxylic acids is 2. The van der Waals surface area contributed by atoms with E-state index in [2.05, 4.69) is 10.3 Å². The largest absolute Gasteiger partial charge is 0.365 e. The number of nitrogens with two attached hydrogens (primary N) is 1. The summed E-state index contributed by atoms with van der Waals surface area (Å²) >= 11 is 0. The van der Waals surface area contributed by atoms with E-state index in [1.807, 2.05) is 72.8 Å². The number of primary amides is 1. The van der Waals surface area contributed by atoms with Gasteiger partial charge in [-0.3, -0.25) is 14.6 Å². The molecule has 5 heteroatoms. The molecule has 0 radical (unpaired) electrons. The molecule has 1 fully saturated rings. The van der Waals surface area contributed by atoms with E-state index in [1.54, 1.807) is 0 Å². The lowest BCUT2D eigenvalue weighted by atomic mass is 9.99. The zero-order valence-electron chi connectivity index (χ0n) is 16.8. The van der Waals surface area contributed by atoms with Crippen molar-refractivity contribution in [1.82, 2.24) is 4.98 Å². The third-order valence-corrected chi connectivity index (χ3v) is 5.63. The standard InChI is InChI=1S/C26H21N3O2/c27-26(31)22-15-28-23-14-19(16-6-8-17(9-7-16)25(30)18-10-11-18)12-13-21(23)24(22)29-20-4-2-1-3-5-20/h1-9,12-15,18H,10-11H2,(H2,27,31)(H,28,29). The Hall–Kier alpha value is -3.99. The normalized spacial score (nSPS) is 13.2. The van der Waals surface area contributed by atoms with Crippen LogP contribution in [0.2, 0.25) is 0 Å². The van der Waals surface area contributed by atoms with Gasteiger partial charge in [0.05, 0.1) is 16.8 Å². The Morgan fingerprint density at radius 2 is 1.61 bits per heavy atom. The van der Waals surface area contributed by atoms with Crippen LogP contribution < -0.4 is 11.1 Å². The molecule has 0 spiro atoms. The molecule has 0 aliphatic heterocycles. The van der Waals surface area contributed by atoms with Crippen LogP contribution in [0.4, 0.5) is 11.4 Å². The molecule has 1 aromatic heterocycles. The number of benzene rings is 3. The topological polar surface area (TPSA) is 85.1 Å². The number of hydrogen-bond acceptors (Lipinski definition) is 4. The minimum atomic E-state index is -0.534. The van der Waals surface area contributed by atoms with Gasteiger partial charge >= 0.3 is 0 Å². The molecule has 1 aliphatic rings. The van der Waals surface area contributed by atoms with Crippen molar-refractivity contribution in [1.29, 1.82) is 0 Å². The van der Waals surface area contributed by atoms with E-state index in [-0.39, 0.29) is 11.7 Å². The van der Waals surface area contributed by atoms with Crippen molar-refractivity contribution in [3.05, 3.63) is 90.1 Å². The van der Waals surface area contributed by atoms with Gasteiger partial charge in [0.1, 0.15) is 0 Å². The second-order valence-electron chi connectivity index (χ2n) is 7.85. The molecule has 0 unspecified atom stereocenters. The number of rotatable bonds is 6. The number of fused-ring (bicyclic) bond motifs is 1. The van der Waals surface area contributed by atoms with Crippen LogP contribution in [0.1, 0.15) is 33.6 Å². The van der Waals surface area contributed by atoms with Crippen LogP contribution in [0.15, 0.2) is 79.0 Å². The highest BCUT2D eigenvalue weighted by atomic mass is 16.1. The molecule has 0 saturated heterocycles. The summed E-state index contributed by atoms with van der Waals surface area (Å²) in [6, 6.07) is 23.3. The third-order valence-electron chi connectivity index (χ3n) is 5.63. The molecule has 0 bridgehead atoms. The number of para-hydroxylation sites is 1. The van der Waals surface area contributed by atoms with Crippen LogP contribution in [0.25, 0.3) is 22.0 Å². The Kier molecular flexibility index (Phi) is 4.71. The van der Waals surface area contributed by atoms with Gasteiger partial charge in [0.2, 0.25) is 0 Å². The average molecular weight is 407 g/mol. The minimum Gasteiger partial charge on any atom is -0.365 e.